The summed E-state index contributed by atoms with van der Waals surface area (Å²) in [7, 11) is -3.70. The third-order valence-corrected chi connectivity index (χ3v) is 4.69. The number of halogens is 1. The Labute approximate surface area is 150 Å². The van der Waals surface area contributed by atoms with Gasteiger partial charge in [0, 0.05) is 10.0 Å². The SMILES string of the molecule is CS(=O)(=O)Oc1ccc(Br)cc1C=C1N=C(c2cccs2)OC1=O. The summed E-state index contributed by atoms with van der Waals surface area (Å²) in [5.74, 6) is -0.286. The van der Waals surface area contributed by atoms with Crippen LogP contribution in [0, 0.1) is 0 Å². The topological polar surface area (TPSA) is 82.0 Å². The molecule has 1 aromatic carbocycles. The molecule has 9 heteroatoms. The maximum atomic E-state index is 12.0. The number of hydrogen-bond acceptors (Lipinski definition) is 7. The largest absolute Gasteiger partial charge is 0.401 e. The molecule has 0 saturated carbocycles. The molecule has 3 rings (SSSR count). The van der Waals surface area contributed by atoms with Crippen molar-refractivity contribution in [3.05, 3.63) is 56.3 Å². The Balaban J connectivity index is 2.02. The number of benzene rings is 1. The number of esters is 1. The van der Waals surface area contributed by atoms with Gasteiger partial charge in [-0.25, -0.2) is 9.79 Å². The van der Waals surface area contributed by atoms with Crippen molar-refractivity contribution in [2.75, 3.05) is 6.26 Å². The average Bonchev–Trinajstić information content (AvgIpc) is 3.11. The van der Waals surface area contributed by atoms with Gasteiger partial charge in [-0.15, -0.1) is 11.3 Å². The van der Waals surface area contributed by atoms with Crippen LogP contribution in [0.3, 0.4) is 0 Å². The highest BCUT2D eigenvalue weighted by Gasteiger charge is 2.25. The lowest BCUT2D eigenvalue weighted by Gasteiger charge is -2.07. The van der Waals surface area contributed by atoms with Crippen molar-refractivity contribution in [2.45, 2.75) is 0 Å². The van der Waals surface area contributed by atoms with Gasteiger partial charge in [-0.1, -0.05) is 22.0 Å². The zero-order valence-electron chi connectivity index (χ0n) is 12.2. The molecule has 0 spiro atoms. The van der Waals surface area contributed by atoms with Gasteiger partial charge in [0.1, 0.15) is 5.75 Å². The number of carbonyl (C=O) groups excluding carboxylic acids is 1. The van der Waals surface area contributed by atoms with Gasteiger partial charge in [-0.05, 0) is 35.7 Å². The fourth-order valence-corrected chi connectivity index (χ4v) is 3.44. The Kier molecular flexibility index (Phi) is 4.57. The van der Waals surface area contributed by atoms with Crippen LogP contribution >= 0.6 is 27.3 Å². The Morgan fingerprint density at radius 2 is 2.12 bits per heavy atom. The van der Waals surface area contributed by atoms with Crippen molar-refractivity contribution in [3.63, 3.8) is 0 Å². The Hall–Kier alpha value is -1.97. The summed E-state index contributed by atoms with van der Waals surface area (Å²) in [6, 6.07) is 8.36. The highest BCUT2D eigenvalue weighted by atomic mass is 79.9. The molecule has 0 radical (unpaired) electrons. The fraction of sp³-hybridized carbons (Fsp3) is 0.0667. The third kappa shape index (κ3) is 3.92. The van der Waals surface area contributed by atoms with E-state index in [-0.39, 0.29) is 17.3 Å². The second-order valence-corrected chi connectivity index (χ2v) is 8.22. The Bertz CT molecular complexity index is 962. The number of hydrogen-bond donors (Lipinski definition) is 0. The van der Waals surface area contributed by atoms with Crippen molar-refractivity contribution in [3.8, 4) is 5.75 Å². The predicted molar refractivity (Wildman–Crippen MR) is 94.5 cm³/mol. The van der Waals surface area contributed by atoms with Gasteiger partial charge < -0.3 is 8.92 Å². The lowest BCUT2D eigenvalue weighted by atomic mass is 10.1. The highest BCUT2D eigenvalue weighted by molar-refractivity contribution is 9.10. The standard InChI is InChI=1S/C15H10BrNO5S2/c1-24(19,20)22-12-5-4-10(16)7-9(12)8-11-15(18)21-14(17-11)13-3-2-6-23-13/h2-8H,1H3. The van der Waals surface area contributed by atoms with E-state index in [1.807, 2.05) is 11.4 Å². The molecule has 2 heterocycles. The van der Waals surface area contributed by atoms with Gasteiger partial charge in [0.2, 0.25) is 5.90 Å². The van der Waals surface area contributed by atoms with Crippen LogP contribution < -0.4 is 4.18 Å². The quantitative estimate of drug-likeness (QED) is 0.425. The first-order valence-corrected chi connectivity index (χ1v) is 10.1. The highest BCUT2D eigenvalue weighted by Crippen LogP contribution is 2.29. The lowest BCUT2D eigenvalue weighted by molar-refractivity contribution is -0.129. The van der Waals surface area contributed by atoms with Crippen LogP contribution in [0.5, 0.6) is 5.75 Å². The average molecular weight is 428 g/mol. The molecule has 0 amide bonds. The number of rotatable bonds is 4. The van der Waals surface area contributed by atoms with Crippen LogP contribution in [0.15, 0.2) is 50.9 Å². The summed E-state index contributed by atoms with van der Waals surface area (Å²) >= 11 is 4.70. The van der Waals surface area contributed by atoms with E-state index in [0.717, 1.165) is 11.1 Å². The van der Waals surface area contributed by atoms with E-state index in [1.54, 1.807) is 18.2 Å². The third-order valence-electron chi connectivity index (χ3n) is 2.86. The molecular formula is C15H10BrNO5S2. The molecule has 1 aromatic heterocycles. The first-order valence-electron chi connectivity index (χ1n) is 6.57. The summed E-state index contributed by atoms with van der Waals surface area (Å²) in [5.41, 5.74) is 0.452. The van der Waals surface area contributed by atoms with Gasteiger partial charge in [0.25, 0.3) is 0 Å². The Morgan fingerprint density at radius 3 is 2.79 bits per heavy atom. The van der Waals surface area contributed by atoms with E-state index in [4.69, 9.17) is 8.92 Å². The molecule has 124 valence electrons. The minimum Gasteiger partial charge on any atom is -0.401 e. The van der Waals surface area contributed by atoms with Gasteiger partial charge in [0.15, 0.2) is 5.70 Å². The number of cyclic esters (lactones) is 1. The van der Waals surface area contributed by atoms with Gasteiger partial charge in [-0.3, -0.25) is 0 Å². The fourth-order valence-electron chi connectivity index (χ4n) is 1.93. The number of ether oxygens (including phenoxy) is 1. The molecule has 0 N–H and O–H groups in total. The first kappa shape index (κ1) is 16.9. The van der Waals surface area contributed by atoms with Crippen molar-refractivity contribution in [2.24, 2.45) is 4.99 Å². The molecule has 0 aliphatic carbocycles. The smallest absolute Gasteiger partial charge is 0.363 e. The van der Waals surface area contributed by atoms with E-state index in [9.17, 15) is 13.2 Å². The normalized spacial score (nSPS) is 16.2. The first-order chi connectivity index (χ1) is 11.3. The maximum absolute atomic E-state index is 12.0. The summed E-state index contributed by atoms with van der Waals surface area (Å²) in [4.78, 5) is 16.9. The van der Waals surface area contributed by atoms with E-state index >= 15 is 0 Å². The number of carbonyl (C=O) groups is 1. The summed E-state index contributed by atoms with van der Waals surface area (Å²) in [5, 5.41) is 1.85. The Morgan fingerprint density at radius 1 is 1.33 bits per heavy atom. The van der Waals surface area contributed by atoms with Gasteiger partial charge >= 0.3 is 16.1 Å². The molecule has 0 saturated heterocycles. The van der Waals surface area contributed by atoms with Crippen LogP contribution in [0.1, 0.15) is 10.4 Å². The summed E-state index contributed by atoms with van der Waals surface area (Å²) < 4.78 is 33.5. The molecule has 24 heavy (non-hydrogen) atoms. The zero-order chi connectivity index (χ0) is 17.3. The number of thiophene rings is 1. The second kappa shape index (κ2) is 6.50. The van der Waals surface area contributed by atoms with Crippen molar-refractivity contribution < 1.29 is 22.1 Å². The van der Waals surface area contributed by atoms with Crippen LogP contribution in [0.4, 0.5) is 0 Å². The minimum atomic E-state index is -3.70. The zero-order valence-corrected chi connectivity index (χ0v) is 15.4. The van der Waals surface area contributed by atoms with Crippen LogP contribution in [-0.4, -0.2) is 26.5 Å². The molecule has 1 aliphatic heterocycles. The molecule has 0 fully saturated rings. The molecule has 1 aliphatic rings. The van der Waals surface area contributed by atoms with Crippen molar-refractivity contribution in [1.29, 1.82) is 0 Å². The summed E-state index contributed by atoms with van der Waals surface area (Å²) in [6.07, 6.45) is 2.37. The summed E-state index contributed by atoms with van der Waals surface area (Å²) in [6.45, 7) is 0. The number of nitrogens with zero attached hydrogens (tertiary/aromatic N) is 1. The van der Waals surface area contributed by atoms with Crippen LogP contribution in [0.2, 0.25) is 0 Å². The van der Waals surface area contributed by atoms with Crippen molar-refractivity contribution >= 4 is 55.3 Å². The van der Waals surface area contributed by atoms with Gasteiger partial charge in [0.05, 0.1) is 11.1 Å². The maximum Gasteiger partial charge on any atom is 0.363 e. The van der Waals surface area contributed by atoms with Crippen LogP contribution in [-0.2, 0) is 19.6 Å². The van der Waals surface area contributed by atoms with E-state index < -0.39 is 16.1 Å². The molecule has 2 aromatic rings. The molecule has 0 bridgehead atoms. The van der Waals surface area contributed by atoms with E-state index in [0.29, 0.717) is 10.0 Å². The van der Waals surface area contributed by atoms with Gasteiger partial charge in [-0.2, -0.15) is 8.42 Å². The monoisotopic (exact) mass is 427 g/mol. The lowest BCUT2D eigenvalue weighted by Crippen LogP contribution is -2.07. The predicted octanol–water partition coefficient (Wildman–Crippen LogP) is 3.19. The molecule has 0 atom stereocenters. The van der Waals surface area contributed by atoms with Crippen molar-refractivity contribution in [1.82, 2.24) is 0 Å². The molecule has 6 nitrogen and oxygen atoms in total. The van der Waals surface area contributed by atoms with E-state index in [2.05, 4.69) is 20.9 Å². The number of aliphatic imine (C=N–C) groups is 1. The molecular weight excluding hydrogens is 418 g/mol. The molecule has 0 unspecified atom stereocenters. The second-order valence-electron chi connectivity index (χ2n) is 4.78. The minimum absolute atomic E-state index is 0.0647. The van der Waals surface area contributed by atoms with Crippen LogP contribution in [0.25, 0.3) is 6.08 Å². The van der Waals surface area contributed by atoms with E-state index in [1.165, 1.54) is 23.5 Å².